The van der Waals surface area contributed by atoms with Gasteiger partial charge in [-0.05, 0) is 39.4 Å². The molecule has 0 aromatic heterocycles. The van der Waals surface area contributed by atoms with Crippen molar-refractivity contribution >= 4 is 10.0 Å². The standard InChI is InChI=1S/C10H24N2O2S.CH4/c1-5-12(6-2)9-7-8-10(3)11-15(4,13)14;/h10-11H,5-9H2,1-4H3;1H4. The van der Waals surface area contributed by atoms with Crippen LogP contribution >= 0.6 is 0 Å². The Kier molecular flexibility index (Phi) is 10.2. The van der Waals surface area contributed by atoms with Crippen LogP contribution in [-0.4, -0.2) is 45.2 Å². The van der Waals surface area contributed by atoms with E-state index in [0.717, 1.165) is 32.5 Å². The lowest BCUT2D eigenvalue weighted by molar-refractivity contribution is 0.293. The molecular formula is C11H28N2O2S. The molecule has 0 heterocycles. The van der Waals surface area contributed by atoms with Gasteiger partial charge in [0.2, 0.25) is 10.0 Å². The van der Waals surface area contributed by atoms with E-state index in [1.54, 1.807) is 0 Å². The van der Waals surface area contributed by atoms with Crippen LogP contribution in [0.2, 0.25) is 0 Å². The monoisotopic (exact) mass is 252 g/mol. The fourth-order valence-corrected chi connectivity index (χ4v) is 2.43. The molecule has 0 fully saturated rings. The Labute approximate surface area is 101 Å². The van der Waals surface area contributed by atoms with Crippen LogP contribution in [0.3, 0.4) is 0 Å². The minimum atomic E-state index is -3.05. The number of hydrogen-bond acceptors (Lipinski definition) is 3. The summed E-state index contributed by atoms with van der Waals surface area (Å²) in [6, 6.07) is 0.0376. The van der Waals surface area contributed by atoms with Crippen molar-refractivity contribution in [3.8, 4) is 0 Å². The predicted molar refractivity (Wildman–Crippen MR) is 71.2 cm³/mol. The molecule has 5 heteroatoms. The minimum Gasteiger partial charge on any atom is -0.304 e. The summed E-state index contributed by atoms with van der Waals surface area (Å²) in [5.74, 6) is 0. The zero-order chi connectivity index (χ0) is 11.9. The molecule has 1 N–H and O–H groups in total. The maximum absolute atomic E-state index is 10.9. The van der Waals surface area contributed by atoms with Gasteiger partial charge >= 0.3 is 0 Å². The highest BCUT2D eigenvalue weighted by atomic mass is 32.2. The topological polar surface area (TPSA) is 49.4 Å². The average Bonchev–Trinajstić information content (AvgIpc) is 2.09. The van der Waals surface area contributed by atoms with Crippen molar-refractivity contribution in [3.63, 3.8) is 0 Å². The maximum Gasteiger partial charge on any atom is 0.208 e. The molecule has 0 spiro atoms. The first-order valence-corrected chi connectivity index (χ1v) is 7.47. The molecule has 0 bridgehead atoms. The largest absolute Gasteiger partial charge is 0.304 e. The molecule has 4 nitrogen and oxygen atoms in total. The van der Waals surface area contributed by atoms with Crippen LogP contribution in [0.4, 0.5) is 0 Å². The van der Waals surface area contributed by atoms with Gasteiger partial charge in [-0.1, -0.05) is 21.3 Å². The van der Waals surface area contributed by atoms with E-state index in [4.69, 9.17) is 0 Å². The molecule has 0 amide bonds. The van der Waals surface area contributed by atoms with Gasteiger partial charge in [-0.2, -0.15) is 0 Å². The van der Waals surface area contributed by atoms with Crippen LogP contribution in [0.5, 0.6) is 0 Å². The molecule has 0 aliphatic heterocycles. The lowest BCUT2D eigenvalue weighted by Crippen LogP contribution is -2.32. The molecule has 0 saturated carbocycles. The molecular weight excluding hydrogens is 224 g/mol. The molecule has 0 saturated heterocycles. The van der Waals surface area contributed by atoms with Crippen molar-refractivity contribution < 1.29 is 8.42 Å². The van der Waals surface area contributed by atoms with Crippen molar-refractivity contribution in [2.45, 2.75) is 47.1 Å². The number of nitrogens with zero attached hydrogens (tertiary/aromatic N) is 1. The number of hydrogen-bond donors (Lipinski definition) is 1. The Hall–Kier alpha value is -0.130. The van der Waals surface area contributed by atoms with Crippen molar-refractivity contribution in [3.05, 3.63) is 0 Å². The number of nitrogens with one attached hydrogen (secondary N) is 1. The first-order valence-electron chi connectivity index (χ1n) is 5.58. The normalized spacial score (nSPS) is 13.6. The lowest BCUT2D eigenvalue weighted by Gasteiger charge is -2.19. The van der Waals surface area contributed by atoms with Crippen LogP contribution < -0.4 is 4.72 Å². The van der Waals surface area contributed by atoms with Gasteiger partial charge in [0, 0.05) is 6.04 Å². The summed E-state index contributed by atoms with van der Waals surface area (Å²) in [6.45, 7) is 9.35. The Morgan fingerprint density at radius 2 is 1.75 bits per heavy atom. The van der Waals surface area contributed by atoms with Crippen LogP contribution in [0.1, 0.15) is 41.0 Å². The van der Waals surface area contributed by atoms with Gasteiger partial charge in [0.15, 0.2) is 0 Å². The molecule has 0 rings (SSSR count). The van der Waals surface area contributed by atoms with Crippen LogP contribution in [-0.2, 0) is 10.0 Å². The Morgan fingerprint density at radius 3 is 2.12 bits per heavy atom. The highest BCUT2D eigenvalue weighted by Gasteiger charge is 2.08. The van der Waals surface area contributed by atoms with E-state index in [1.807, 2.05) is 6.92 Å². The molecule has 1 unspecified atom stereocenters. The Morgan fingerprint density at radius 1 is 1.25 bits per heavy atom. The second kappa shape index (κ2) is 8.96. The van der Waals surface area contributed by atoms with E-state index in [0.29, 0.717) is 0 Å². The zero-order valence-corrected chi connectivity index (χ0v) is 11.1. The summed E-state index contributed by atoms with van der Waals surface area (Å²) in [5.41, 5.74) is 0. The van der Waals surface area contributed by atoms with E-state index < -0.39 is 10.0 Å². The van der Waals surface area contributed by atoms with E-state index in [2.05, 4.69) is 23.5 Å². The zero-order valence-electron chi connectivity index (χ0n) is 10.3. The van der Waals surface area contributed by atoms with Crippen molar-refractivity contribution in [1.82, 2.24) is 9.62 Å². The predicted octanol–water partition coefficient (Wildman–Crippen LogP) is 1.68. The molecule has 0 aliphatic carbocycles. The number of sulfonamides is 1. The van der Waals surface area contributed by atoms with E-state index in [9.17, 15) is 8.42 Å². The second-order valence-corrected chi connectivity index (χ2v) is 5.74. The van der Waals surface area contributed by atoms with Gasteiger partial charge in [-0.3, -0.25) is 0 Å². The highest BCUT2D eigenvalue weighted by Crippen LogP contribution is 2.00. The summed E-state index contributed by atoms with van der Waals surface area (Å²) in [4.78, 5) is 2.34. The first kappa shape index (κ1) is 18.2. The van der Waals surface area contributed by atoms with E-state index in [-0.39, 0.29) is 13.5 Å². The Bertz CT molecular complexity index is 249. The smallest absolute Gasteiger partial charge is 0.208 e. The van der Waals surface area contributed by atoms with E-state index in [1.165, 1.54) is 6.26 Å². The molecule has 0 aromatic carbocycles. The fraction of sp³-hybridized carbons (Fsp3) is 1.00. The fourth-order valence-electron chi connectivity index (χ4n) is 1.59. The molecule has 100 valence electrons. The summed E-state index contributed by atoms with van der Waals surface area (Å²) in [7, 11) is -3.05. The van der Waals surface area contributed by atoms with Crippen molar-refractivity contribution in [2.75, 3.05) is 25.9 Å². The number of rotatable bonds is 8. The summed E-state index contributed by atoms with van der Waals surface area (Å²) >= 11 is 0. The van der Waals surface area contributed by atoms with Gasteiger partial charge in [-0.15, -0.1) is 0 Å². The first-order chi connectivity index (χ1) is 6.89. The van der Waals surface area contributed by atoms with Gasteiger partial charge in [0.05, 0.1) is 6.26 Å². The van der Waals surface area contributed by atoms with Crippen LogP contribution in [0.15, 0.2) is 0 Å². The summed E-state index contributed by atoms with van der Waals surface area (Å²) in [6.07, 6.45) is 3.13. The molecule has 16 heavy (non-hydrogen) atoms. The maximum atomic E-state index is 10.9. The average molecular weight is 252 g/mol. The minimum absolute atomic E-state index is 0. The lowest BCUT2D eigenvalue weighted by atomic mass is 10.2. The van der Waals surface area contributed by atoms with Gasteiger partial charge in [-0.25, -0.2) is 13.1 Å². The van der Waals surface area contributed by atoms with Crippen LogP contribution in [0.25, 0.3) is 0 Å². The second-order valence-electron chi connectivity index (χ2n) is 3.96. The van der Waals surface area contributed by atoms with E-state index >= 15 is 0 Å². The Balaban J connectivity index is 0. The third kappa shape index (κ3) is 10.4. The summed E-state index contributed by atoms with van der Waals surface area (Å²) < 4.78 is 24.4. The van der Waals surface area contributed by atoms with Crippen molar-refractivity contribution in [2.24, 2.45) is 0 Å². The third-order valence-corrected chi connectivity index (χ3v) is 3.25. The third-order valence-electron chi connectivity index (χ3n) is 2.42. The summed E-state index contributed by atoms with van der Waals surface area (Å²) in [5, 5.41) is 0. The van der Waals surface area contributed by atoms with Crippen molar-refractivity contribution in [1.29, 1.82) is 0 Å². The molecule has 0 radical (unpaired) electrons. The van der Waals surface area contributed by atoms with Gasteiger partial charge < -0.3 is 4.90 Å². The molecule has 1 atom stereocenters. The van der Waals surface area contributed by atoms with Gasteiger partial charge in [0.1, 0.15) is 0 Å². The highest BCUT2D eigenvalue weighted by molar-refractivity contribution is 7.88. The van der Waals surface area contributed by atoms with Crippen LogP contribution in [0, 0.1) is 0 Å². The molecule has 0 aromatic rings. The SMILES string of the molecule is C.CCN(CC)CCCC(C)NS(C)(=O)=O. The molecule has 0 aliphatic rings. The quantitative estimate of drug-likeness (QED) is 0.715. The van der Waals surface area contributed by atoms with Gasteiger partial charge in [0.25, 0.3) is 0 Å².